The fourth-order valence-electron chi connectivity index (χ4n) is 6.19. The number of likely N-dealkylation sites (tertiary alicyclic amines) is 3. The molecule has 1 spiro atoms. The lowest BCUT2D eigenvalue weighted by molar-refractivity contribution is -0.135. The Morgan fingerprint density at radius 1 is 0.926 bits per heavy atom. The van der Waals surface area contributed by atoms with E-state index in [-0.39, 0.29) is 6.42 Å². The van der Waals surface area contributed by atoms with Crippen LogP contribution in [0.25, 0.3) is 0 Å². The van der Waals surface area contributed by atoms with Crippen molar-refractivity contribution in [2.24, 2.45) is 17.3 Å². The molecule has 3 nitrogen and oxygen atoms in total. The van der Waals surface area contributed by atoms with E-state index < -0.39 is 11.8 Å². The predicted molar refractivity (Wildman–Crippen MR) is 106 cm³/mol. The minimum absolute atomic E-state index is 0.0688. The van der Waals surface area contributed by atoms with E-state index in [4.69, 9.17) is 0 Å². The van der Waals surface area contributed by atoms with Crippen molar-refractivity contribution in [2.75, 3.05) is 52.9 Å². The number of rotatable bonds is 4. The molecule has 5 heteroatoms. The van der Waals surface area contributed by atoms with Crippen LogP contribution in [-0.4, -0.2) is 79.5 Å². The van der Waals surface area contributed by atoms with Gasteiger partial charge in [-0.15, -0.1) is 0 Å². The molecular formula is C22H39F2N3. The van der Waals surface area contributed by atoms with E-state index in [1.807, 2.05) is 6.92 Å². The van der Waals surface area contributed by atoms with Gasteiger partial charge >= 0.3 is 0 Å². The Labute approximate surface area is 164 Å². The quantitative estimate of drug-likeness (QED) is 0.728. The second-order valence-electron chi connectivity index (χ2n) is 10.2. The zero-order valence-electron chi connectivity index (χ0n) is 17.4. The summed E-state index contributed by atoms with van der Waals surface area (Å²) in [5.41, 5.74) is 0.537. The molecule has 3 heterocycles. The fourth-order valence-corrected chi connectivity index (χ4v) is 6.19. The molecule has 0 N–H and O–H groups in total. The highest BCUT2D eigenvalue weighted by Crippen LogP contribution is 2.52. The maximum atomic E-state index is 14.0. The second-order valence-corrected chi connectivity index (χ2v) is 10.2. The third-order valence-electron chi connectivity index (χ3n) is 8.40. The normalized spacial score (nSPS) is 34.0. The number of hydrogen-bond acceptors (Lipinski definition) is 3. The van der Waals surface area contributed by atoms with Gasteiger partial charge in [0.25, 0.3) is 5.92 Å². The summed E-state index contributed by atoms with van der Waals surface area (Å²) in [5, 5.41) is 0. The van der Waals surface area contributed by atoms with Crippen molar-refractivity contribution in [3.8, 4) is 0 Å². The zero-order chi connectivity index (χ0) is 19.1. The van der Waals surface area contributed by atoms with Crippen LogP contribution in [0.15, 0.2) is 0 Å². The standard InChI is InChI=1S/C22H39F2N3/c1-3-19-17-27(13-8-22(19,23)24)20-14-21(15-20)6-11-26(12-7-21)16-18-4-9-25(2)10-5-18/h18-20H,3-17H2,1-2H3. The molecule has 0 amide bonds. The zero-order valence-corrected chi connectivity index (χ0v) is 17.4. The number of nitrogens with zero attached hydrogens (tertiary/aromatic N) is 3. The lowest BCUT2D eigenvalue weighted by Crippen LogP contribution is -2.59. The van der Waals surface area contributed by atoms with Gasteiger partial charge in [0, 0.05) is 38.0 Å². The highest BCUT2D eigenvalue weighted by Gasteiger charge is 2.51. The molecule has 1 saturated carbocycles. The van der Waals surface area contributed by atoms with Gasteiger partial charge in [-0.25, -0.2) is 8.78 Å². The number of hydrogen-bond donors (Lipinski definition) is 0. The Balaban J connectivity index is 1.20. The Bertz CT molecular complexity index is 488. The average Bonchev–Trinajstić information content (AvgIpc) is 2.63. The summed E-state index contributed by atoms with van der Waals surface area (Å²) in [4.78, 5) is 7.57. The summed E-state index contributed by atoms with van der Waals surface area (Å²) in [6.45, 7) is 9.48. The van der Waals surface area contributed by atoms with Crippen LogP contribution in [-0.2, 0) is 0 Å². The molecule has 27 heavy (non-hydrogen) atoms. The van der Waals surface area contributed by atoms with Crippen molar-refractivity contribution in [3.63, 3.8) is 0 Å². The van der Waals surface area contributed by atoms with E-state index in [9.17, 15) is 8.78 Å². The molecule has 0 aromatic carbocycles. The first-order valence-electron chi connectivity index (χ1n) is 11.4. The van der Waals surface area contributed by atoms with Gasteiger partial charge in [-0.2, -0.15) is 0 Å². The molecule has 1 aliphatic carbocycles. The molecule has 0 bridgehead atoms. The first kappa shape index (κ1) is 20.0. The van der Waals surface area contributed by atoms with Gasteiger partial charge < -0.3 is 9.80 Å². The fraction of sp³-hybridized carbons (Fsp3) is 1.00. The topological polar surface area (TPSA) is 9.72 Å². The molecule has 3 aliphatic heterocycles. The van der Waals surface area contributed by atoms with Crippen LogP contribution in [0.3, 0.4) is 0 Å². The van der Waals surface area contributed by atoms with Crippen LogP contribution < -0.4 is 0 Å². The van der Waals surface area contributed by atoms with Gasteiger partial charge in [-0.1, -0.05) is 6.92 Å². The van der Waals surface area contributed by atoms with Crippen molar-refractivity contribution in [3.05, 3.63) is 0 Å². The highest BCUT2D eigenvalue weighted by atomic mass is 19.3. The number of halogens is 2. The Hall–Kier alpha value is -0.260. The van der Waals surface area contributed by atoms with E-state index in [0.29, 0.717) is 31.0 Å². The van der Waals surface area contributed by atoms with Crippen LogP contribution in [0.1, 0.15) is 58.3 Å². The largest absolute Gasteiger partial charge is 0.306 e. The summed E-state index contributed by atoms with van der Waals surface area (Å²) in [7, 11) is 2.24. The van der Waals surface area contributed by atoms with Crippen LogP contribution in [0.4, 0.5) is 8.78 Å². The van der Waals surface area contributed by atoms with Crippen molar-refractivity contribution in [1.82, 2.24) is 14.7 Å². The summed E-state index contributed by atoms with van der Waals surface area (Å²) in [6, 6.07) is 0.579. The van der Waals surface area contributed by atoms with E-state index in [0.717, 1.165) is 5.92 Å². The Morgan fingerprint density at radius 3 is 2.22 bits per heavy atom. The maximum Gasteiger partial charge on any atom is 0.253 e. The first-order valence-corrected chi connectivity index (χ1v) is 11.4. The van der Waals surface area contributed by atoms with Gasteiger partial charge in [0.05, 0.1) is 0 Å². The maximum absolute atomic E-state index is 14.0. The molecule has 0 radical (unpaired) electrons. The van der Waals surface area contributed by atoms with E-state index in [2.05, 4.69) is 21.7 Å². The predicted octanol–water partition coefficient (Wildman–Crippen LogP) is 3.94. The van der Waals surface area contributed by atoms with Crippen molar-refractivity contribution >= 4 is 0 Å². The van der Waals surface area contributed by atoms with Crippen molar-refractivity contribution in [1.29, 1.82) is 0 Å². The first-order chi connectivity index (χ1) is 12.9. The summed E-state index contributed by atoms with van der Waals surface area (Å²) in [5.74, 6) is -1.98. The van der Waals surface area contributed by atoms with E-state index >= 15 is 0 Å². The Kier molecular flexibility index (Phi) is 5.84. The molecule has 0 aromatic rings. The Morgan fingerprint density at radius 2 is 1.59 bits per heavy atom. The molecule has 156 valence electrons. The minimum Gasteiger partial charge on any atom is -0.306 e. The van der Waals surface area contributed by atoms with Gasteiger partial charge in [0.1, 0.15) is 0 Å². The minimum atomic E-state index is -2.44. The van der Waals surface area contributed by atoms with E-state index in [1.54, 1.807) is 0 Å². The lowest BCUT2D eigenvalue weighted by atomic mass is 9.59. The summed E-state index contributed by atoms with van der Waals surface area (Å²) in [6.07, 6.45) is 8.58. The van der Waals surface area contributed by atoms with Gasteiger partial charge in [-0.05, 0) is 89.5 Å². The molecule has 4 rings (SSSR count). The second kappa shape index (κ2) is 7.87. The molecule has 3 saturated heterocycles. The lowest BCUT2D eigenvalue weighted by Gasteiger charge is -2.57. The number of alkyl halides is 2. The molecular weight excluding hydrogens is 344 g/mol. The monoisotopic (exact) mass is 383 g/mol. The summed E-state index contributed by atoms with van der Waals surface area (Å²) >= 11 is 0. The number of piperidine rings is 3. The molecule has 4 fully saturated rings. The average molecular weight is 384 g/mol. The van der Waals surface area contributed by atoms with Crippen LogP contribution in [0.5, 0.6) is 0 Å². The molecule has 0 aromatic heterocycles. The molecule has 4 aliphatic rings. The van der Waals surface area contributed by atoms with Gasteiger partial charge in [-0.3, -0.25) is 4.90 Å². The van der Waals surface area contributed by atoms with Crippen molar-refractivity contribution in [2.45, 2.75) is 70.3 Å². The molecule has 1 unspecified atom stereocenters. The van der Waals surface area contributed by atoms with Gasteiger partial charge in [0.15, 0.2) is 0 Å². The van der Waals surface area contributed by atoms with E-state index in [1.165, 1.54) is 71.2 Å². The SMILES string of the molecule is CCC1CN(C2CC3(CCN(CC4CCN(C)CC4)CC3)C2)CCC1(F)F. The van der Waals surface area contributed by atoms with Crippen LogP contribution >= 0.6 is 0 Å². The van der Waals surface area contributed by atoms with Gasteiger partial charge in [0.2, 0.25) is 0 Å². The highest BCUT2D eigenvalue weighted by molar-refractivity contribution is 5.03. The third kappa shape index (κ3) is 4.35. The van der Waals surface area contributed by atoms with Crippen LogP contribution in [0, 0.1) is 17.3 Å². The van der Waals surface area contributed by atoms with Crippen LogP contribution in [0.2, 0.25) is 0 Å². The third-order valence-corrected chi connectivity index (χ3v) is 8.40. The van der Waals surface area contributed by atoms with Crippen molar-refractivity contribution < 1.29 is 8.78 Å². The summed E-state index contributed by atoms with van der Waals surface area (Å²) < 4.78 is 28.0. The smallest absolute Gasteiger partial charge is 0.253 e. The molecule has 1 atom stereocenters.